The van der Waals surface area contributed by atoms with Crippen LogP contribution in [0.15, 0.2) is 60.8 Å². The summed E-state index contributed by atoms with van der Waals surface area (Å²) in [6, 6.07) is 0. The van der Waals surface area contributed by atoms with E-state index in [1.165, 1.54) is 128 Å². The number of unbranched alkanes of at least 4 members (excludes halogenated alkanes) is 21. The summed E-state index contributed by atoms with van der Waals surface area (Å²) in [5, 5.41) is 0. The van der Waals surface area contributed by atoms with Crippen molar-refractivity contribution in [2.45, 2.75) is 213 Å². The van der Waals surface area contributed by atoms with Crippen LogP contribution in [0.3, 0.4) is 0 Å². The smallest absolute Gasteiger partial charge is 0.462 e. The number of allylic oxidation sites excluding steroid dienone is 10. The first kappa shape index (κ1) is 53.8. The van der Waals surface area contributed by atoms with Crippen molar-refractivity contribution >= 4 is 19.8 Å². The molecule has 0 fully saturated rings. The van der Waals surface area contributed by atoms with Gasteiger partial charge >= 0.3 is 19.8 Å². The second kappa shape index (κ2) is 42.4. The molecule has 0 aromatic rings. The maximum absolute atomic E-state index is 12.4. The SMILES string of the molecule is CCCCC/C=C/C/C=C/C/C=C/C/C=C/C/C=C/CCC(=O)O[C@H](COC(=O)CCCCCCCCCCCCCCCCCCCCC)COP(=O)(O)O. The zero-order valence-corrected chi connectivity index (χ0v) is 36.7. The average Bonchev–Trinajstić information content (AvgIpc) is 3.17. The average molecular weight is 807 g/mol. The number of phosphoric acid groups is 1. The van der Waals surface area contributed by atoms with Crippen LogP contribution >= 0.6 is 7.82 Å². The van der Waals surface area contributed by atoms with Gasteiger partial charge in [0, 0.05) is 12.8 Å². The van der Waals surface area contributed by atoms with Crippen LogP contribution in [0.1, 0.15) is 206 Å². The zero-order valence-electron chi connectivity index (χ0n) is 35.8. The maximum atomic E-state index is 12.4. The van der Waals surface area contributed by atoms with Gasteiger partial charge in [-0.3, -0.25) is 14.1 Å². The molecule has 0 aliphatic carbocycles. The molecule has 0 heterocycles. The molecule has 324 valence electrons. The summed E-state index contributed by atoms with van der Waals surface area (Å²) in [5.74, 6) is -0.976. The van der Waals surface area contributed by atoms with Crippen LogP contribution in [-0.4, -0.2) is 41.0 Å². The molecule has 56 heavy (non-hydrogen) atoms. The van der Waals surface area contributed by atoms with Crippen LogP contribution in [0.25, 0.3) is 0 Å². The predicted molar refractivity (Wildman–Crippen MR) is 234 cm³/mol. The van der Waals surface area contributed by atoms with Crippen molar-refractivity contribution < 1.29 is 37.9 Å². The quantitative estimate of drug-likeness (QED) is 0.0271. The van der Waals surface area contributed by atoms with Gasteiger partial charge in [0.1, 0.15) is 6.61 Å². The summed E-state index contributed by atoms with van der Waals surface area (Å²) >= 11 is 0. The molecule has 8 nitrogen and oxygen atoms in total. The highest BCUT2D eigenvalue weighted by molar-refractivity contribution is 7.46. The van der Waals surface area contributed by atoms with Crippen molar-refractivity contribution in [2.75, 3.05) is 13.2 Å². The monoisotopic (exact) mass is 807 g/mol. The number of esters is 2. The Balaban J connectivity index is 3.99. The number of hydrogen-bond donors (Lipinski definition) is 2. The Morgan fingerprint density at radius 3 is 1.27 bits per heavy atom. The highest BCUT2D eigenvalue weighted by Gasteiger charge is 2.22. The Kier molecular flexibility index (Phi) is 40.7. The van der Waals surface area contributed by atoms with Crippen LogP contribution in [-0.2, 0) is 28.2 Å². The Hall–Kier alpha value is -2.25. The molecule has 0 saturated heterocycles. The third kappa shape index (κ3) is 44.5. The molecule has 0 bridgehead atoms. The van der Waals surface area contributed by atoms with Crippen molar-refractivity contribution in [1.29, 1.82) is 0 Å². The molecule has 0 unspecified atom stereocenters. The van der Waals surface area contributed by atoms with Crippen molar-refractivity contribution in [3.63, 3.8) is 0 Å². The van der Waals surface area contributed by atoms with Gasteiger partial charge in [0.15, 0.2) is 6.10 Å². The van der Waals surface area contributed by atoms with E-state index in [1.54, 1.807) is 0 Å². The molecular weight excluding hydrogens is 723 g/mol. The summed E-state index contributed by atoms with van der Waals surface area (Å²) in [5.41, 5.74) is 0. The second-order valence-electron chi connectivity index (χ2n) is 15.0. The van der Waals surface area contributed by atoms with Gasteiger partial charge in [0.25, 0.3) is 0 Å². The minimum atomic E-state index is -4.78. The van der Waals surface area contributed by atoms with Gasteiger partial charge in [-0.2, -0.15) is 0 Å². The van der Waals surface area contributed by atoms with Crippen LogP contribution in [0.5, 0.6) is 0 Å². The Morgan fingerprint density at radius 2 is 0.839 bits per heavy atom. The van der Waals surface area contributed by atoms with E-state index in [-0.39, 0.29) is 19.4 Å². The molecule has 0 radical (unpaired) electrons. The number of phosphoric ester groups is 1. The Morgan fingerprint density at radius 1 is 0.464 bits per heavy atom. The highest BCUT2D eigenvalue weighted by Crippen LogP contribution is 2.36. The van der Waals surface area contributed by atoms with Gasteiger partial charge < -0.3 is 19.3 Å². The topological polar surface area (TPSA) is 119 Å². The number of ether oxygens (including phenoxy) is 2. The van der Waals surface area contributed by atoms with Crippen molar-refractivity contribution in [2.24, 2.45) is 0 Å². The lowest BCUT2D eigenvalue weighted by molar-refractivity contribution is -0.161. The van der Waals surface area contributed by atoms with E-state index >= 15 is 0 Å². The van der Waals surface area contributed by atoms with Crippen molar-refractivity contribution in [1.82, 2.24) is 0 Å². The summed E-state index contributed by atoms with van der Waals surface area (Å²) in [6.45, 7) is 3.61. The lowest BCUT2D eigenvalue weighted by Gasteiger charge is -2.18. The summed E-state index contributed by atoms with van der Waals surface area (Å²) in [4.78, 5) is 42.9. The lowest BCUT2D eigenvalue weighted by Crippen LogP contribution is -2.29. The predicted octanol–water partition coefficient (Wildman–Crippen LogP) is 14.1. The summed E-state index contributed by atoms with van der Waals surface area (Å²) in [7, 11) is -4.78. The number of rotatable bonds is 41. The fraction of sp³-hybridized carbons (Fsp3) is 0.745. The van der Waals surface area contributed by atoms with E-state index in [0.717, 1.165) is 38.5 Å². The van der Waals surface area contributed by atoms with Crippen LogP contribution < -0.4 is 0 Å². The molecule has 9 heteroatoms. The maximum Gasteiger partial charge on any atom is 0.469 e. The van der Waals surface area contributed by atoms with Crippen molar-refractivity contribution in [3.05, 3.63) is 60.8 Å². The normalized spacial score (nSPS) is 13.0. The van der Waals surface area contributed by atoms with Crippen LogP contribution in [0.2, 0.25) is 0 Å². The third-order valence-electron chi connectivity index (χ3n) is 9.55. The summed E-state index contributed by atoms with van der Waals surface area (Å²) in [6.07, 6.45) is 53.9. The fourth-order valence-corrected chi connectivity index (χ4v) is 6.54. The van der Waals surface area contributed by atoms with E-state index in [1.807, 2.05) is 12.2 Å². The first-order chi connectivity index (χ1) is 27.3. The van der Waals surface area contributed by atoms with Gasteiger partial charge in [0.05, 0.1) is 6.61 Å². The third-order valence-corrected chi connectivity index (χ3v) is 10.0. The molecule has 0 saturated carbocycles. The van der Waals surface area contributed by atoms with Crippen LogP contribution in [0, 0.1) is 0 Å². The lowest BCUT2D eigenvalue weighted by atomic mass is 10.0. The largest absolute Gasteiger partial charge is 0.469 e. The fourth-order valence-electron chi connectivity index (χ4n) is 6.18. The Bertz CT molecular complexity index is 1090. The summed E-state index contributed by atoms with van der Waals surface area (Å²) < 4.78 is 26.4. The minimum Gasteiger partial charge on any atom is -0.462 e. The van der Waals surface area contributed by atoms with Gasteiger partial charge in [-0.05, 0) is 51.4 Å². The van der Waals surface area contributed by atoms with Gasteiger partial charge in [-0.15, -0.1) is 0 Å². The highest BCUT2D eigenvalue weighted by atomic mass is 31.2. The van der Waals surface area contributed by atoms with E-state index in [9.17, 15) is 14.2 Å². The van der Waals surface area contributed by atoms with Crippen LogP contribution in [0.4, 0.5) is 0 Å². The molecule has 0 rings (SSSR count). The number of carbonyl (C=O) groups excluding carboxylic acids is 2. The molecule has 0 aliphatic rings. The molecule has 1 atom stereocenters. The van der Waals surface area contributed by atoms with Gasteiger partial charge in [-0.25, -0.2) is 4.57 Å². The minimum absolute atomic E-state index is 0.0881. The van der Waals surface area contributed by atoms with Gasteiger partial charge in [-0.1, -0.05) is 203 Å². The van der Waals surface area contributed by atoms with Crippen molar-refractivity contribution in [3.8, 4) is 0 Å². The molecule has 0 aliphatic heterocycles. The van der Waals surface area contributed by atoms with E-state index < -0.39 is 32.5 Å². The molecular formula is C47H83O8P. The molecule has 0 amide bonds. The molecule has 0 aromatic heterocycles. The number of carbonyl (C=O) groups is 2. The Labute approximate surface area is 343 Å². The molecule has 0 aromatic carbocycles. The van der Waals surface area contributed by atoms with E-state index in [4.69, 9.17) is 19.3 Å². The van der Waals surface area contributed by atoms with E-state index in [2.05, 4.69) is 67.0 Å². The zero-order chi connectivity index (χ0) is 41.1. The first-order valence-electron chi connectivity index (χ1n) is 22.6. The standard InChI is InChI=1S/C47H83O8P/c1-3-5-7-9-11-13-15-17-19-21-23-25-27-29-31-33-35-37-39-41-46(48)53-43-45(44-54-56(50,51)52)55-47(49)42-40-38-36-34-32-30-28-26-24-22-20-18-16-14-12-10-8-6-4-2/h12,14,18,20,24,26,30,32,36,38,45H,3-11,13,15-17,19,21-23,25,27-29,31,33-35,37,39-44H2,1-2H3,(H2,50,51,52)/b14-12+,20-18+,26-24+,32-30+,38-36+/t45-/m1/s1. The van der Waals surface area contributed by atoms with Gasteiger partial charge in [0.2, 0.25) is 0 Å². The van der Waals surface area contributed by atoms with E-state index in [0.29, 0.717) is 12.8 Å². The first-order valence-corrected chi connectivity index (χ1v) is 24.1. The second-order valence-corrected chi connectivity index (χ2v) is 16.3. The molecule has 0 spiro atoms. The number of hydrogen-bond acceptors (Lipinski definition) is 6. The molecule has 2 N–H and O–H groups in total.